The van der Waals surface area contributed by atoms with Crippen molar-refractivity contribution in [1.82, 2.24) is 4.90 Å². The second-order valence-electron chi connectivity index (χ2n) is 3.53. The van der Waals surface area contributed by atoms with E-state index in [0.29, 0.717) is 12.0 Å². The van der Waals surface area contributed by atoms with Crippen LogP contribution in [-0.2, 0) is 0 Å². The summed E-state index contributed by atoms with van der Waals surface area (Å²) in [6, 6.07) is 6.46. The van der Waals surface area contributed by atoms with E-state index < -0.39 is 0 Å². The van der Waals surface area contributed by atoms with Crippen molar-refractivity contribution in [1.29, 1.82) is 0 Å². The van der Waals surface area contributed by atoms with Gasteiger partial charge in [-0.3, -0.25) is 4.79 Å². The van der Waals surface area contributed by atoms with Crippen LogP contribution in [0.15, 0.2) is 24.3 Å². The van der Waals surface area contributed by atoms with E-state index in [1.807, 2.05) is 19.0 Å². The number of carbonyl (C=O) groups is 1. The average Bonchev–Trinajstić information content (AvgIpc) is 2.14. The minimum absolute atomic E-state index is 0. The summed E-state index contributed by atoms with van der Waals surface area (Å²) in [6.07, 6.45) is 0.483. The molecular formula is C11H16ClNO2. The number of Topliss-reactive ketones (excluding diaryl/α,β-unsaturated/α-hetero) is 1. The zero-order valence-electron chi connectivity index (χ0n) is 8.93. The van der Waals surface area contributed by atoms with Crippen LogP contribution in [0.4, 0.5) is 0 Å². The molecule has 15 heavy (non-hydrogen) atoms. The molecule has 0 saturated carbocycles. The minimum atomic E-state index is 0. The Kier molecular flexibility index (Phi) is 5.97. The Morgan fingerprint density at radius 2 is 2.07 bits per heavy atom. The Balaban J connectivity index is 0.00000196. The zero-order valence-corrected chi connectivity index (χ0v) is 9.75. The zero-order chi connectivity index (χ0) is 10.6. The predicted octanol–water partition coefficient (Wildman–Crippen LogP) is 1.95. The van der Waals surface area contributed by atoms with Crippen LogP contribution >= 0.6 is 12.4 Å². The maximum absolute atomic E-state index is 11.6. The fourth-order valence-corrected chi connectivity index (χ4v) is 1.15. The number of hydrogen-bond acceptors (Lipinski definition) is 3. The maximum Gasteiger partial charge on any atom is 0.164 e. The molecule has 0 amide bonds. The molecule has 0 aliphatic heterocycles. The van der Waals surface area contributed by atoms with Gasteiger partial charge in [0.25, 0.3) is 0 Å². The number of rotatable bonds is 4. The largest absolute Gasteiger partial charge is 0.508 e. The van der Waals surface area contributed by atoms with Crippen molar-refractivity contribution >= 4 is 18.2 Å². The number of hydrogen-bond donors (Lipinski definition) is 1. The summed E-state index contributed by atoms with van der Waals surface area (Å²) in [5, 5.41) is 9.18. The Hall–Kier alpha value is -1.06. The monoisotopic (exact) mass is 229 g/mol. The molecule has 0 aliphatic carbocycles. The van der Waals surface area contributed by atoms with E-state index in [1.54, 1.807) is 18.2 Å². The molecule has 1 rings (SSSR count). The van der Waals surface area contributed by atoms with Gasteiger partial charge in [0.1, 0.15) is 5.75 Å². The summed E-state index contributed by atoms with van der Waals surface area (Å²) in [6.45, 7) is 0.731. The highest BCUT2D eigenvalue weighted by Gasteiger charge is 2.06. The van der Waals surface area contributed by atoms with Gasteiger partial charge < -0.3 is 10.0 Å². The smallest absolute Gasteiger partial charge is 0.164 e. The van der Waals surface area contributed by atoms with Crippen LogP contribution in [0.5, 0.6) is 5.75 Å². The summed E-state index contributed by atoms with van der Waals surface area (Å²) >= 11 is 0. The molecule has 0 heterocycles. The van der Waals surface area contributed by atoms with E-state index in [-0.39, 0.29) is 23.9 Å². The van der Waals surface area contributed by atoms with Gasteiger partial charge in [-0.1, -0.05) is 12.1 Å². The quantitative estimate of drug-likeness (QED) is 0.803. The third-order valence-corrected chi connectivity index (χ3v) is 1.95. The fourth-order valence-electron chi connectivity index (χ4n) is 1.15. The molecule has 1 N–H and O–H groups in total. The molecule has 4 heteroatoms. The van der Waals surface area contributed by atoms with Crippen LogP contribution in [0.25, 0.3) is 0 Å². The molecule has 0 bridgehead atoms. The molecule has 1 aromatic carbocycles. The molecular weight excluding hydrogens is 214 g/mol. The summed E-state index contributed by atoms with van der Waals surface area (Å²) in [4.78, 5) is 13.5. The van der Waals surface area contributed by atoms with E-state index in [0.717, 1.165) is 6.54 Å². The van der Waals surface area contributed by atoms with Gasteiger partial charge in [-0.05, 0) is 26.2 Å². The molecule has 0 spiro atoms. The molecule has 0 aliphatic rings. The van der Waals surface area contributed by atoms with Crippen LogP contribution < -0.4 is 0 Å². The lowest BCUT2D eigenvalue weighted by molar-refractivity contribution is 0.0972. The minimum Gasteiger partial charge on any atom is -0.508 e. The summed E-state index contributed by atoms with van der Waals surface area (Å²) < 4.78 is 0. The van der Waals surface area contributed by atoms with Crippen LogP contribution in [0.3, 0.4) is 0 Å². The average molecular weight is 230 g/mol. The Morgan fingerprint density at radius 3 is 2.60 bits per heavy atom. The number of carbonyl (C=O) groups excluding carboxylic acids is 1. The Morgan fingerprint density at radius 1 is 1.40 bits per heavy atom. The van der Waals surface area contributed by atoms with Crippen molar-refractivity contribution in [3.63, 3.8) is 0 Å². The van der Waals surface area contributed by atoms with Crippen molar-refractivity contribution < 1.29 is 9.90 Å². The van der Waals surface area contributed by atoms with E-state index in [4.69, 9.17) is 0 Å². The molecule has 0 saturated heterocycles. The van der Waals surface area contributed by atoms with E-state index in [2.05, 4.69) is 0 Å². The van der Waals surface area contributed by atoms with Crippen molar-refractivity contribution in [3.05, 3.63) is 29.8 Å². The molecule has 0 atom stereocenters. The predicted molar refractivity (Wildman–Crippen MR) is 62.9 cm³/mol. The van der Waals surface area contributed by atoms with Gasteiger partial charge >= 0.3 is 0 Å². The summed E-state index contributed by atoms with van der Waals surface area (Å²) in [7, 11) is 3.85. The van der Waals surface area contributed by atoms with Gasteiger partial charge in [-0.25, -0.2) is 0 Å². The van der Waals surface area contributed by atoms with E-state index in [9.17, 15) is 9.90 Å². The van der Waals surface area contributed by atoms with Crippen LogP contribution in [0, 0.1) is 0 Å². The molecule has 0 radical (unpaired) electrons. The summed E-state index contributed by atoms with van der Waals surface area (Å²) in [5.74, 6) is 0.204. The normalized spacial score (nSPS) is 9.80. The molecule has 84 valence electrons. The third-order valence-electron chi connectivity index (χ3n) is 1.95. The van der Waals surface area contributed by atoms with Crippen LogP contribution in [-0.4, -0.2) is 36.4 Å². The number of ketones is 1. The van der Waals surface area contributed by atoms with Gasteiger partial charge in [-0.2, -0.15) is 0 Å². The first-order valence-electron chi connectivity index (χ1n) is 4.56. The molecule has 1 aromatic rings. The highest BCUT2D eigenvalue weighted by molar-refractivity contribution is 5.96. The van der Waals surface area contributed by atoms with Gasteiger partial charge in [0.05, 0.1) is 0 Å². The Labute approximate surface area is 96.1 Å². The summed E-state index contributed by atoms with van der Waals surface area (Å²) in [5.41, 5.74) is 0.576. The number of phenols is 1. The van der Waals surface area contributed by atoms with Crippen molar-refractivity contribution in [2.45, 2.75) is 6.42 Å². The van der Waals surface area contributed by atoms with E-state index >= 15 is 0 Å². The van der Waals surface area contributed by atoms with Gasteiger partial charge in [0.15, 0.2) is 5.78 Å². The van der Waals surface area contributed by atoms with Crippen molar-refractivity contribution in [2.24, 2.45) is 0 Å². The number of nitrogens with zero attached hydrogens (tertiary/aromatic N) is 1. The number of aromatic hydroxyl groups is 1. The van der Waals surface area contributed by atoms with Gasteiger partial charge in [-0.15, -0.1) is 12.4 Å². The molecule has 0 aromatic heterocycles. The second kappa shape index (κ2) is 6.43. The van der Waals surface area contributed by atoms with Crippen LogP contribution in [0.2, 0.25) is 0 Å². The highest BCUT2D eigenvalue weighted by atomic mass is 35.5. The van der Waals surface area contributed by atoms with Crippen LogP contribution in [0.1, 0.15) is 16.8 Å². The highest BCUT2D eigenvalue weighted by Crippen LogP contribution is 2.12. The Bertz CT molecular complexity index is 326. The first kappa shape index (κ1) is 13.9. The lowest BCUT2D eigenvalue weighted by Crippen LogP contribution is -2.16. The van der Waals surface area contributed by atoms with Gasteiger partial charge in [0.2, 0.25) is 0 Å². The third kappa shape index (κ3) is 4.81. The lowest BCUT2D eigenvalue weighted by atomic mass is 10.1. The number of halogens is 1. The first-order chi connectivity index (χ1) is 6.59. The molecule has 0 fully saturated rings. The lowest BCUT2D eigenvalue weighted by Gasteiger charge is -2.08. The van der Waals surface area contributed by atoms with Gasteiger partial charge in [0, 0.05) is 18.5 Å². The molecule has 3 nitrogen and oxygen atoms in total. The SMILES string of the molecule is CN(C)CCC(=O)c1cccc(O)c1.Cl. The number of benzene rings is 1. The maximum atomic E-state index is 11.6. The van der Waals surface area contributed by atoms with Crippen molar-refractivity contribution in [3.8, 4) is 5.75 Å². The number of phenolic OH excluding ortho intramolecular Hbond substituents is 1. The fraction of sp³-hybridized carbons (Fsp3) is 0.364. The second-order valence-corrected chi connectivity index (χ2v) is 3.53. The standard InChI is InChI=1S/C11H15NO2.ClH/c1-12(2)7-6-11(14)9-4-3-5-10(13)8-9;/h3-5,8,13H,6-7H2,1-2H3;1H. The van der Waals surface area contributed by atoms with E-state index in [1.165, 1.54) is 6.07 Å². The first-order valence-corrected chi connectivity index (χ1v) is 4.56. The van der Waals surface area contributed by atoms with Crippen molar-refractivity contribution in [2.75, 3.05) is 20.6 Å². The topological polar surface area (TPSA) is 40.5 Å². The molecule has 0 unspecified atom stereocenters.